The molecule has 1 aromatic rings. The molecule has 9 heteroatoms. The Labute approximate surface area is 148 Å². The summed E-state index contributed by atoms with van der Waals surface area (Å²) >= 11 is 6.19. The number of carbonyl (C=O) groups excluding carboxylic acids is 2. The van der Waals surface area contributed by atoms with E-state index in [0.717, 1.165) is 16.8 Å². The van der Waals surface area contributed by atoms with Crippen LogP contribution >= 0.6 is 24.0 Å². The monoisotopic (exact) mass is 365 g/mol. The Hall–Kier alpha value is -2.26. The molecule has 0 bridgehead atoms. The lowest BCUT2D eigenvalue weighted by atomic mass is 10.1. The molecule has 7 nitrogen and oxygen atoms in total. The topological polar surface area (TPSA) is 92.6 Å². The predicted molar refractivity (Wildman–Crippen MR) is 95.7 cm³/mol. The number of nitro groups is 1. The molecule has 0 radical (unpaired) electrons. The third-order valence-electron chi connectivity index (χ3n) is 3.03. The van der Waals surface area contributed by atoms with Crippen molar-refractivity contribution in [1.82, 2.24) is 10.4 Å². The molecule has 0 aromatic heterocycles. The number of nitrogens with zero attached hydrogens (tertiary/aromatic N) is 2. The van der Waals surface area contributed by atoms with Gasteiger partial charge in [0.25, 0.3) is 11.6 Å². The molecule has 0 saturated carbocycles. The number of thiocarbonyl (C=S) groups is 1. The number of thioether (sulfide) groups is 1. The molecule has 0 spiro atoms. The standard InChI is InChI=1S/C15H15N3O4S2/c1-9(2)7-13(19)16-17-14(20)12(24-15(17)23)8-10-3-5-11(6-4-10)18(21)22/h3-6,8-9H,7H2,1-2H3,(H,16,19)/b12-8-. The zero-order valence-electron chi connectivity index (χ0n) is 13.0. The van der Waals surface area contributed by atoms with Crippen LogP contribution in [-0.4, -0.2) is 26.1 Å². The number of amides is 2. The van der Waals surface area contributed by atoms with Crippen LogP contribution in [0.5, 0.6) is 0 Å². The van der Waals surface area contributed by atoms with Crippen LogP contribution in [0.3, 0.4) is 0 Å². The second-order valence-electron chi connectivity index (χ2n) is 5.50. The number of hydrogen-bond acceptors (Lipinski definition) is 6. The van der Waals surface area contributed by atoms with Gasteiger partial charge in [-0.1, -0.05) is 25.6 Å². The highest BCUT2D eigenvalue weighted by atomic mass is 32.2. The Morgan fingerprint density at radius 2 is 2.04 bits per heavy atom. The molecule has 0 atom stereocenters. The van der Waals surface area contributed by atoms with Gasteiger partial charge in [0.1, 0.15) is 0 Å². The largest absolute Gasteiger partial charge is 0.285 e. The fraction of sp³-hybridized carbons (Fsp3) is 0.267. The van der Waals surface area contributed by atoms with E-state index in [-0.39, 0.29) is 21.8 Å². The second-order valence-corrected chi connectivity index (χ2v) is 7.17. The summed E-state index contributed by atoms with van der Waals surface area (Å²) in [6.45, 7) is 3.80. The van der Waals surface area contributed by atoms with Crippen LogP contribution in [0, 0.1) is 16.0 Å². The fourth-order valence-electron chi connectivity index (χ4n) is 1.95. The van der Waals surface area contributed by atoms with Gasteiger partial charge in [-0.25, -0.2) is 0 Å². The van der Waals surface area contributed by atoms with Crippen LogP contribution in [0.2, 0.25) is 0 Å². The number of rotatable bonds is 5. The zero-order valence-corrected chi connectivity index (χ0v) is 14.6. The Morgan fingerprint density at radius 1 is 1.42 bits per heavy atom. The Kier molecular flexibility index (Phi) is 5.68. The zero-order chi connectivity index (χ0) is 17.9. The smallest absolute Gasteiger partial charge is 0.273 e. The molecule has 0 unspecified atom stereocenters. The third kappa shape index (κ3) is 4.39. The molecule has 1 aliphatic rings. The molecule has 0 aliphatic carbocycles. The van der Waals surface area contributed by atoms with Crippen molar-refractivity contribution in [3.8, 4) is 0 Å². The molecule has 24 heavy (non-hydrogen) atoms. The summed E-state index contributed by atoms with van der Waals surface area (Å²) < 4.78 is 0.241. The van der Waals surface area contributed by atoms with Gasteiger partial charge in [-0.15, -0.1) is 0 Å². The van der Waals surface area contributed by atoms with Gasteiger partial charge in [-0.3, -0.25) is 25.1 Å². The average molecular weight is 365 g/mol. The van der Waals surface area contributed by atoms with Crippen molar-refractivity contribution in [3.05, 3.63) is 44.8 Å². The number of hydrogen-bond donors (Lipinski definition) is 1. The summed E-state index contributed by atoms with van der Waals surface area (Å²) in [6.07, 6.45) is 1.87. The van der Waals surface area contributed by atoms with E-state index < -0.39 is 10.8 Å². The molecular formula is C15H15N3O4S2. The van der Waals surface area contributed by atoms with Gasteiger partial charge in [0, 0.05) is 18.6 Å². The van der Waals surface area contributed by atoms with Crippen molar-refractivity contribution in [1.29, 1.82) is 0 Å². The number of carbonyl (C=O) groups is 2. The number of hydrazine groups is 1. The number of non-ortho nitro benzene ring substituents is 1. The first kappa shape index (κ1) is 18.1. The second kappa shape index (κ2) is 7.54. The molecule has 1 heterocycles. The van der Waals surface area contributed by atoms with Crippen molar-refractivity contribution in [3.63, 3.8) is 0 Å². The number of benzene rings is 1. The SMILES string of the molecule is CC(C)CC(=O)NN1C(=O)/C(=C/c2ccc([N+](=O)[O-])cc2)SC1=S. The molecule has 1 N–H and O–H groups in total. The average Bonchev–Trinajstić information content (AvgIpc) is 2.74. The van der Waals surface area contributed by atoms with Gasteiger partial charge < -0.3 is 0 Å². The highest BCUT2D eigenvalue weighted by Gasteiger charge is 2.33. The van der Waals surface area contributed by atoms with Crippen molar-refractivity contribution in [2.45, 2.75) is 20.3 Å². The first-order chi connectivity index (χ1) is 11.3. The quantitative estimate of drug-likeness (QED) is 0.373. The maximum absolute atomic E-state index is 12.3. The van der Waals surface area contributed by atoms with E-state index >= 15 is 0 Å². The number of nitrogens with one attached hydrogen (secondary N) is 1. The van der Waals surface area contributed by atoms with E-state index in [4.69, 9.17) is 12.2 Å². The lowest BCUT2D eigenvalue weighted by molar-refractivity contribution is -0.384. The molecular weight excluding hydrogens is 350 g/mol. The Bertz CT molecular complexity index is 729. The summed E-state index contributed by atoms with van der Waals surface area (Å²) in [4.78, 5) is 34.6. The summed E-state index contributed by atoms with van der Waals surface area (Å²) in [5.41, 5.74) is 3.11. The maximum atomic E-state index is 12.3. The van der Waals surface area contributed by atoms with Gasteiger partial charge in [0.2, 0.25) is 5.91 Å². The molecule has 1 fully saturated rings. The van der Waals surface area contributed by atoms with Gasteiger partial charge in [0.15, 0.2) is 4.32 Å². The Morgan fingerprint density at radius 3 is 2.58 bits per heavy atom. The van der Waals surface area contributed by atoms with E-state index in [1.807, 2.05) is 13.8 Å². The maximum Gasteiger partial charge on any atom is 0.285 e. The van der Waals surface area contributed by atoms with Crippen LogP contribution in [0.4, 0.5) is 5.69 Å². The predicted octanol–water partition coefficient (Wildman–Crippen LogP) is 2.87. The lowest BCUT2D eigenvalue weighted by Crippen LogP contribution is -2.45. The summed E-state index contributed by atoms with van der Waals surface area (Å²) in [7, 11) is 0. The lowest BCUT2D eigenvalue weighted by Gasteiger charge is -2.16. The normalized spacial score (nSPS) is 16.1. The molecule has 2 amide bonds. The van der Waals surface area contributed by atoms with Gasteiger partial charge in [-0.05, 0) is 41.9 Å². The Balaban J connectivity index is 2.12. The summed E-state index contributed by atoms with van der Waals surface area (Å²) in [5, 5.41) is 11.7. The van der Waals surface area contributed by atoms with Crippen LogP contribution in [0.1, 0.15) is 25.8 Å². The molecule has 1 saturated heterocycles. The number of nitro benzene ring substituents is 1. The van der Waals surface area contributed by atoms with Crippen molar-refractivity contribution >= 4 is 51.9 Å². The first-order valence-corrected chi connectivity index (χ1v) is 8.32. The van der Waals surface area contributed by atoms with Crippen LogP contribution < -0.4 is 5.43 Å². The van der Waals surface area contributed by atoms with E-state index in [9.17, 15) is 19.7 Å². The van der Waals surface area contributed by atoms with Crippen molar-refractivity contribution in [2.24, 2.45) is 5.92 Å². The summed E-state index contributed by atoms with van der Waals surface area (Å²) in [6, 6.07) is 5.80. The van der Waals surface area contributed by atoms with E-state index in [0.29, 0.717) is 16.9 Å². The molecule has 1 aromatic carbocycles. The molecule has 1 aliphatic heterocycles. The third-order valence-corrected chi connectivity index (χ3v) is 4.33. The summed E-state index contributed by atoms with van der Waals surface area (Å²) in [5.74, 6) is -0.530. The first-order valence-electron chi connectivity index (χ1n) is 7.10. The highest BCUT2D eigenvalue weighted by Crippen LogP contribution is 2.31. The van der Waals surface area contributed by atoms with Crippen molar-refractivity contribution < 1.29 is 14.5 Å². The van der Waals surface area contributed by atoms with E-state index in [1.165, 1.54) is 12.1 Å². The van der Waals surface area contributed by atoms with Gasteiger partial charge >= 0.3 is 0 Å². The van der Waals surface area contributed by atoms with Gasteiger partial charge in [-0.2, -0.15) is 5.01 Å². The highest BCUT2D eigenvalue weighted by molar-refractivity contribution is 8.26. The fourth-order valence-corrected chi connectivity index (χ4v) is 3.13. The molecule has 2 rings (SSSR count). The minimum absolute atomic E-state index is 0.0272. The molecule has 126 valence electrons. The van der Waals surface area contributed by atoms with E-state index in [1.54, 1.807) is 18.2 Å². The van der Waals surface area contributed by atoms with Crippen LogP contribution in [-0.2, 0) is 9.59 Å². The van der Waals surface area contributed by atoms with Crippen LogP contribution in [0.15, 0.2) is 29.2 Å². The van der Waals surface area contributed by atoms with E-state index in [2.05, 4.69) is 5.43 Å². The minimum Gasteiger partial charge on any atom is -0.273 e. The van der Waals surface area contributed by atoms with Crippen molar-refractivity contribution in [2.75, 3.05) is 0 Å². The van der Waals surface area contributed by atoms with Crippen LogP contribution in [0.25, 0.3) is 6.08 Å². The minimum atomic E-state index is -0.493. The van der Waals surface area contributed by atoms with Gasteiger partial charge in [0.05, 0.1) is 9.83 Å².